The van der Waals surface area contributed by atoms with Crippen molar-refractivity contribution in [3.8, 4) is 6.07 Å². The molecule has 0 fully saturated rings. The van der Waals surface area contributed by atoms with Crippen molar-refractivity contribution >= 4 is 22.8 Å². The van der Waals surface area contributed by atoms with Crippen LogP contribution in [0.15, 0.2) is 24.3 Å². The standard InChI is InChI=1S/C21H28N4O3/c1-5-11-25(12-6-2)20-19(23-17-9-7-8-10-18(17)24-20)16(13-22)21(26)28-15(3)14-27-4/h7-10,15-16H,5-6,11-12,14H2,1-4H3/t15-,16-/m0/s1. The molecule has 0 saturated heterocycles. The van der Waals surface area contributed by atoms with Crippen LogP contribution >= 0.6 is 0 Å². The third-order valence-electron chi connectivity index (χ3n) is 4.22. The average Bonchev–Trinajstić information content (AvgIpc) is 2.68. The molecule has 0 unspecified atom stereocenters. The van der Waals surface area contributed by atoms with Crippen molar-refractivity contribution in [3.63, 3.8) is 0 Å². The van der Waals surface area contributed by atoms with Crippen LogP contribution in [0.1, 0.15) is 45.2 Å². The number of carbonyl (C=O) groups is 1. The molecule has 0 bridgehead atoms. The number of nitrogens with zero attached hydrogens (tertiary/aromatic N) is 4. The van der Waals surface area contributed by atoms with E-state index in [1.54, 1.807) is 6.92 Å². The summed E-state index contributed by atoms with van der Waals surface area (Å²) in [6.07, 6.45) is 1.38. The topological polar surface area (TPSA) is 88.3 Å². The summed E-state index contributed by atoms with van der Waals surface area (Å²) < 4.78 is 10.4. The number of benzene rings is 1. The van der Waals surface area contributed by atoms with Gasteiger partial charge in [0.05, 0.1) is 23.7 Å². The third kappa shape index (κ3) is 5.17. The molecule has 1 heterocycles. The summed E-state index contributed by atoms with van der Waals surface area (Å²) in [7, 11) is 1.53. The first-order chi connectivity index (χ1) is 13.5. The SMILES string of the molecule is CCCN(CCC)c1nc2ccccc2nc1[C@H](C#N)C(=O)O[C@@H](C)COC. The molecule has 0 aliphatic rings. The number of ether oxygens (including phenoxy) is 2. The van der Waals surface area contributed by atoms with Crippen LogP contribution in [0.4, 0.5) is 5.82 Å². The van der Waals surface area contributed by atoms with Crippen LogP contribution in [0, 0.1) is 11.3 Å². The van der Waals surface area contributed by atoms with E-state index in [2.05, 4.69) is 29.8 Å². The van der Waals surface area contributed by atoms with Crippen LogP contribution < -0.4 is 4.90 Å². The summed E-state index contributed by atoms with van der Waals surface area (Å²) >= 11 is 0. The molecule has 2 atom stereocenters. The van der Waals surface area contributed by atoms with Crippen molar-refractivity contribution in [1.82, 2.24) is 9.97 Å². The molecule has 2 aromatic rings. The van der Waals surface area contributed by atoms with Crippen molar-refractivity contribution in [3.05, 3.63) is 30.0 Å². The smallest absolute Gasteiger partial charge is 0.330 e. The van der Waals surface area contributed by atoms with Gasteiger partial charge in [-0.1, -0.05) is 26.0 Å². The minimum atomic E-state index is -1.15. The van der Waals surface area contributed by atoms with Crippen molar-refractivity contribution in [2.45, 2.75) is 45.6 Å². The lowest BCUT2D eigenvalue weighted by Crippen LogP contribution is -2.30. The highest BCUT2D eigenvalue weighted by Gasteiger charge is 2.30. The quantitative estimate of drug-likeness (QED) is 0.580. The Labute approximate surface area is 166 Å². The largest absolute Gasteiger partial charge is 0.459 e. The Morgan fingerprint density at radius 1 is 1.18 bits per heavy atom. The van der Waals surface area contributed by atoms with E-state index in [4.69, 9.17) is 14.5 Å². The fourth-order valence-corrected chi connectivity index (χ4v) is 3.05. The fourth-order valence-electron chi connectivity index (χ4n) is 3.05. The molecule has 0 aliphatic heterocycles. The third-order valence-corrected chi connectivity index (χ3v) is 4.22. The predicted octanol–water partition coefficient (Wildman–Crippen LogP) is 3.44. The Hall–Kier alpha value is -2.72. The lowest BCUT2D eigenvalue weighted by atomic mass is 10.1. The lowest BCUT2D eigenvalue weighted by molar-refractivity contribution is -0.150. The molecule has 0 aliphatic carbocycles. The van der Waals surface area contributed by atoms with Gasteiger partial charge >= 0.3 is 5.97 Å². The highest BCUT2D eigenvalue weighted by Crippen LogP contribution is 2.28. The number of carbonyl (C=O) groups excluding carboxylic acids is 1. The lowest BCUT2D eigenvalue weighted by Gasteiger charge is -2.26. The Morgan fingerprint density at radius 2 is 1.79 bits per heavy atom. The molecule has 0 N–H and O–H groups in total. The van der Waals surface area contributed by atoms with Crippen LogP contribution in [-0.2, 0) is 14.3 Å². The van der Waals surface area contributed by atoms with Gasteiger partial charge < -0.3 is 14.4 Å². The molecule has 1 aromatic heterocycles. The van der Waals surface area contributed by atoms with E-state index in [9.17, 15) is 10.1 Å². The molecular weight excluding hydrogens is 356 g/mol. The first-order valence-corrected chi connectivity index (χ1v) is 9.66. The number of esters is 1. The molecular formula is C21H28N4O3. The van der Waals surface area contributed by atoms with Gasteiger partial charge in [-0.15, -0.1) is 0 Å². The monoisotopic (exact) mass is 384 g/mol. The number of anilines is 1. The Balaban J connectivity index is 2.53. The second kappa shape index (κ2) is 10.6. The Kier molecular flexibility index (Phi) is 8.15. The summed E-state index contributed by atoms with van der Waals surface area (Å²) in [5.41, 5.74) is 1.72. The van der Waals surface area contributed by atoms with Gasteiger partial charge in [-0.3, -0.25) is 4.79 Å². The van der Waals surface area contributed by atoms with Gasteiger partial charge in [0.25, 0.3) is 0 Å². The van der Waals surface area contributed by atoms with Gasteiger partial charge in [-0.2, -0.15) is 5.26 Å². The van der Waals surface area contributed by atoms with Gasteiger partial charge in [-0.05, 0) is 31.9 Å². The zero-order valence-electron chi connectivity index (χ0n) is 17.0. The maximum atomic E-state index is 12.7. The predicted molar refractivity (Wildman–Crippen MR) is 108 cm³/mol. The van der Waals surface area contributed by atoms with E-state index in [-0.39, 0.29) is 6.61 Å². The summed E-state index contributed by atoms with van der Waals surface area (Å²) in [6.45, 7) is 7.68. The summed E-state index contributed by atoms with van der Waals surface area (Å²) in [6, 6.07) is 9.53. The molecule has 7 nitrogen and oxygen atoms in total. The number of aromatic nitrogens is 2. The molecule has 2 rings (SSSR count). The van der Waals surface area contributed by atoms with Crippen LogP contribution in [0.2, 0.25) is 0 Å². The number of methoxy groups -OCH3 is 1. The molecule has 0 saturated carbocycles. The van der Waals surface area contributed by atoms with E-state index >= 15 is 0 Å². The maximum Gasteiger partial charge on any atom is 0.330 e. The Morgan fingerprint density at radius 3 is 2.32 bits per heavy atom. The van der Waals surface area contributed by atoms with Crippen molar-refractivity contribution in [2.75, 3.05) is 31.7 Å². The van der Waals surface area contributed by atoms with E-state index in [0.29, 0.717) is 17.0 Å². The van der Waals surface area contributed by atoms with E-state index in [1.807, 2.05) is 24.3 Å². The van der Waals surface area contributed by atoms with Crippen LogP contribution in [0.5, 0.6) is 0 Å². The van der Waals surface area contributed by atoms with Crippen LogP contribution in [0.25, 0.3) is 11.0 Å². The number of fused-ring (bicyclic) bond motifs is 1. The van der Waals surface area contributed by atoms with Crippen molar-refractivity contribution < 1.29 is 14.3 Å². The minimum Gasteiger partial charge on any atom is -0.459 e. The molecule has 150 valence electrons. The van der Waals surface area contributed by atoms with Crippen LogP contribution in [0.3, 0.4) is 0 Å². The van der Waals surface area contributed by atoms with Gasteiger partial charge in [-0.25, -0.2) is 9.97 Å². The molecule has 28 heavy (non-hydrogen) atoms. The van der Waals surface area contributed by atoms with Crippen molar-refractivity contribution in [1.29, 1.82) is 5.26 Å². The maximum absolute atomic E-state index is 12.7. The van der Waals surface area contributed by atoms with Gasteiger partial charge in [0.15, 0.2) is 11.7 Å². The first kappa shape index (κ1) is 21.6. The number of hydrogen-bond acceptors (Lipinski definition) is 7. The van der Waals surface area contributed by atoms with E-state index in [1.165, 1.54) is 7.11 Å². The molecule has 0 amide bonds. The zero-order valence-corrected chi connectivity index (χ0v) is 17.0. The van der Waals surface area contributed by atoms with E-state index in [0.717, 1.165) is 31.4 Å². The number of para-hydroxylation sites is 2. The van der Waals surface area contributed by atoms with Gasteiger partial charge in [0, 0.05) is 20.2 Å². The summed E-state index contributed by atoms with van der Waals surface area (Å²) in [5.74, 6) is -1.21. The Bertz CT molecular complexity index is 828. The number of rotatable bonds is 10. The highest BCUT2D eigenvalue weighted by atomic mass is 16.6. The fraction of sp³-hybridized carbons (Fsp3) is 0.524. The minimum absolute atomic E-state index is 0.262. The van der Waals surface area contributed by atoms with Gasteiger partial charge in [0.1, 0.15) is 11.8 Å². The molecule has 1 aromatic carbocycles. The molecule has 0 radical (unpaired) electrons. The molecule has 0 spiro atoms. The van der Waals surface area contributed by atoms with Crippen molar-refractivity contribution in [2.24, 2.45) is 0 Å². The first-order valence-electron chi connectivity index (χ1n) is 9.66. The van der Waals surface area contributed by atoms with Gasteiger partial charge in [0.2, 0.25) is 0 Å². The second-order valence-corrected chi connectivity index (χ2v) is 6.67. The summed E-state index contributed by atoms with van der Waals surface area (Å²) in [5, 5.41) is 9.76. The number of hydrogen-bond donors (Lipinski definition) is 0. The highest BCUT2D eigenvalue weighted by molar-refractivity contribution is 5.85. The van der Waals surface area contributed by atoms with Crippen LogP contribution in [-0.4, -0.2) is 48.8 Å². The normalized spacial score (nSPS) is 13.0. The zero-order chi connectivity index (χ0) is 20.5. The average molecular weight is 384 g/mol. The molecule has 7 heteroatoms. The second-order valence-electron chi connectivity index (χ2n) is 6.67. The summed E-state index contributed by atoms with van der Waals surface area (Å²) in [4.78, 5) is 24.2. The van der Waals surface area contributed by atoms with E-state index < -0.39 is 18.0 Å². The number of nitriles is 1.